The Hall–Kier alpha value is -2.70. The number of hydrogen-bond donors (Lipinski definition) is 2. The molecule has 128 valence electrons. The number of ether oxygens (including phenoxy) is 1. The van der Waals surface area contributed by atoms with Crippen molar-refractivity contribution < 1.29 is 22.7 Å². The summed E-state index contributed by atoms with van der Waals surface area (Å²) in [7, 11) is 0. The monoisotopic (exact) mass is 338 g/mol. The number of aryl methyl sites for hydroxylation is 1. The van der Waals surface area contributed by atoms with Gasteiger partial charge in [-0.15, -0.1) is 0 Å². The standard InChI is InChI=1S/C17H17F3N2O2/c1-2-11-3-5-12(6-4-11)24-10-9-21-17(23)22-14-8-7-13(18)15(19)16(14)20/h3-8H,2,9-10H2,1H3,(H2,21,22,23). The fourth-order valence-electron chi connectivity index (χ4n) is 1.94. The molecular weight excluding hydrogens is 321 g/mol. The van der Waals surface area contributed by atoms with Crippen LogP contribution in [0, 0.1) is 17.5 Å². The summed E-state index contributed by atoms with van der Waals surface area (Å²) in [5, 5.41) is 4.53. The van der Waals surface area contributed by atoms with Crippen molar-refractivity contribution in [3.05, 3.63) is 59.4 Å². The first kappa shape index (κ1) is 17.7. The zero-order valence-corrected chi connectivity index (χ0v) is 13.0. The van der Waals surface area contributed by atoms with Gasteiger partial charge in [-0.3, -0.25) is 0 Å². The van der Waals surface area contributed by atoms with Crippen molar-refractivity contribution in [1.82, 2.24) is 5.32 Å². The number of carbonyl (C=O) groups is 1. The summed E-state index contributed by atoms with van der Waals surface area (Å²) in [5.74, 6) is -3.73. The van der Waals surface area contributed by atoms with Gasteiger partial charge in [-0.1, -0.05) is 19.1 Å². The van der Waals surface area contributed by atoms with Crippen molar-refractivity contribution in [2.45, 2.75) is 13.3 Å². The molecule has 0 radical (unpaired) electrons. The average molecular weight is 338 g/mol. The molecule has 0 aliphatic heterocycles. The predicted octanol–water partition coefficient (Wildman–Crippen LogP) is 3.87. The van der Waals surface area contributed by atoms with E-state index in [0.717, 1.165) is 18.6 Å². The topological polar surface area (TPSA) is 50.4 Å². The Morgan fingerprint density at radius 1 is 1.04 bits per heavy atom. The number of carbonyl (C=O) groups excluding carboxylic acids is 1. The highest BCUT2D eigenvalue weighted by molar-refractivity contribution is 5.89. The summed E-state index contributed by atoms with van der Waals surface area (Å²) in [6, 6.07) is 8.48. The minimum absolute atomic E-state index is 0.159. The molecule has 2 amide bonds. The summed E-state index contributed by atoms with van der Waals surface area (Å²) in [5.41, 5.74) is 0.746. The number of halogens is 3. The van der Waals surface area contributed by atoms with Crippen LogP contribution in [0.5, 0.6) is 5.75 Å². The molecule has 0 saturated carbocycles. The van der Waals surface area contributed by atoms with Crippen LogP contribution in [0.1, 0.15) is 12.5 Å². The third-order valence-corrected chi connectivity index (χ3v) is 3.27. The first-order valence-electron chi connectivity index (χ1n) is 7.41. The molecule has 0 fully saturated rings. The third kappa shape index (κ3) is 4.65. The Bertz CT molecular complexity index is 706. The lowest BCUT2D eigenvalue weighted by atomic mass is 10.2. The van der Waals surface area contributed by atoms with Crippen LogP contribution in [-0.2, 0) is 6.42 Å². The molecule has 0 aliphatic carbocycles. The van der Waals surface area contributed by atoms with Crippen molar-refractivity contribution in [3.63, 3.8) is 0 Å². The number of amides is 2. The molecule has 2 rings (SSSR count). The van der Waals surface area contributed by atoms with Gasteiger partial charge in [0.2, 0.25) is 0 Å². The summed E-state index contributed by atoms with van der Waals surface area (Å²) < 4.78 is 44.7. The van der Waals surface area contributed by atoms with E-state index in [9.17, 15) is 18.0 Å². The van der Waals surface area contributed by atoms with E-state index in [-0.39, 0.29) is 13.2 Å². The maximum Gasteiger partial charge on any atom is 0.319 e. The van der Waals surface area contributed by atoms with E-state index in [2.05, 4.69) is 10.6 Å². The number of anilines is 1. The van der Waals surface area contributed by atoms with Crippen LogP contribution in [0.2, 0.25) is 0 Å². The van der Waals surface area contributed by atoms with Gasteiger partial charge < -0.3 is 15.4 Å². The molecule has 2 aromatic rings. The van der Waals surface area contributed by atoms with Crippen LogP contribution in [0.4, 0.5) is 23.7 Å². The van der Waals surface area contributed by atoms with E-state index in [4.69, 9.17) is 4.74 Å². The molecule has 7 heteroatoms. The van der Waals surface area contributed by atoms with Gasteiger partial charge in [-0.2, -0.15) is 0 Å². The normalized spacial score (nSPS) is 10.3. The molecule has 24 heavy (non-hydrogen) atoms. The first-order chi connectivity index (χ1) is 11.5. The van der Waals surface area contributed by atoms with E-state index in [1.165, 1.54) is 5.56 Å². The third-order valence-electron chi connectivity index (χ3n) is 3.27. The van der Waals surface area contributed by atoms with Gasteiger partial charge >= 0.3 is 6.03 Å². The molecule has 0 bridgehead atoms. The molecule has 0 unspecified atom stereocenters. The number of nitrogens with one attached hydrogen (secondary N) is 2. The van der Waals surface area contributed by atoms with E-state index in [0.29, 0.717) is 5.75 Å². The highest BCUT2D eigenvalue weighted by Gasteiger charge is 2.14. The van der Waals surface area contributed by atoms with Gasteiger partial charge in [0.25, 0.3) is 0 Å². The van der Waals surface area contributed by atoms with Crippen molar-refractivity contribution in [3.8, 4) is 5.75 Å². The van der Waals surface area contributed by atoms with Gasteiger partial charge in [0.1, 0.15) is 12.4 Å². The second-order valence-corrected chi connectivity index (χ2v) is 4.95. The summed E-state index contributed by atoms with van der Waals surface area (Å²) in [6.45, 7) is 2.42. The fraction of sp³-hybridized carbons (Fsp3) is 0.235. The van der Waals surface area contributed by atoms with Crippen molar-refractivity contribution >= 4 is 11.7 Å². The van der Waals surface area contributed by atoms with Gasteiger partial charge in [0.05, 0.1) is 12.2 Å². The Labute approximate surface area is 137 Å². The molecule has 0 aromatic heterocycles. The molecular formula is C17H17F3N2O2. The maximum atomic E-state index is 13.4. The van der Waals surface area contributed by atoms with Gasteiger partial charge in [-0.25, -0.2) is 18.0 Å². The molecule has 4 nitrogen and oxygen atoms in total. The van der Waals surface area contributed by atoms with Crippen LogP contribution in [0.15, 0.2) is 36.4 Å². The lowest BCUT2D eigenvalue weighted by Gasteiger charge is -2.10. The van der Waals surface area contributed by atoms with Crippen LogP contribution < -0.4 is 15.4 Å². The minimum atomic E-state index is -1.63. The fourth-order valence-corrected chi connectivity index (χ4v) is 1.94. The summed E-state index contributed by atoms with van der Waals surface area (Å²) >= 11 is 0. The van der Waals surface area contributed by atoms with Crippen molar-refractivity contribution in [2.75, 3.05) is 18.5 Å². The van der Waals surface area contributed by atoms with E-state index >= 15 is 0 Å². The summed E-state index contributed by atoms with van der Waals surface area (Å²) in [4.78, 5) is 11.6. The van der Waals surface area contributed by atoms with E-state index in [1.807, 2.05) is 31.2 Å². The van der Waals surface area contributed by atoms with Crippen LogP contribution >= 0.6 is 0 Å². The number of benzene rings is 2. The Morgan fingerprint density at radius 2 is 1.75 bits per heavy atom. The Morgan fingerprint density at radius 3 is 2.42 bits per heavy atom. The Balaban J connectivity index is 1.76. The van der Waals surface area contributed by atoms with Crippen molar-refractivity contribution in [2.24, 2.45) is 0 Å². The van der Waals surface area contributed by atoms with E-state index < -0.39 is 29.2 Å². The first-order valence-corrected chi connectivity index (χ1v) is 7.41. The second kappa shape index (κ2) is 8.24. The molecule has 0 atom stereocenters. The lowest BCUT2D eigenvalue weighted by molar-refractivity contribution is 0.247. The molecule has 0 aliphatic rings. The van der Waals surface area contributed by atoms with Crippen molar-refractivity contribution in [1.29, 1.82) is 0 Å². The SMILES string of the molecule is CCc1ccc(OCCNC(=O)Nc2ccc(F)c(F)c2F)cc1. The number of hydrogen-bond acceptors (Lipinski definition) is 2. The second-order valence-electron chi connectivity index (χ2n) is 4.95. The zero-order chi connectivity index (χ0) is 17.5. The highest BCUT2D eigenvalue weighted by atomic mass is 19.2. The molecule has 0 heterocycles. The van der Waals surface area contributed by atoms with Crippen LogP contribution in [0.25, 0.3) is 0 Å². The minimum Gasteiger partial charge on any atom is -0.492 e. The molecule has 2 N–H and O–H groups in total. The lowest BCUT2D eigenvalue weighted by Crippen LogP contribution is -2.32. The Kier molecular flexibility index (Phi) is 6.06. The van der Waals surface area contributed by atoms with Gasteiger partial charge in [0.15, 0.2) is 17.5 Å². The zero-order valence-electron chi connectivity index (χ0n) is 13.0. The molecule has 2 aromatic carbocycles. The van der Waals surface area contributed by atoms with Gasteiger partial charge in [0, 0.05) is 0 Å². The molecule has 0 spiro atoms. The maximum absolute atomic E-state index is 13.4. The number of urea groups is 1. The van der Waals surface area contributed by atoms with E-state index in [1.54, 1.807) is 0 Å². The predicted molar refractivity (Wildman–Crippen MR) is 84.7 cm³/mol. The largest absolute Gasteiger partial charge is 0.492 e. The molecule has 0 saturated heterocycles. The average Bonchev–Trinajstić information content (AvgIpc) is 2.60. The van der Waals surface area contributed by atoms with Crippen LogP contribution in [-0.4, -0.2) is 19.2 Å². The highest BCUT2D eigenvalue weighted by Crippen LogP contribution is 2.19. The van der Waals surface area contributed by atoms with Gasteiger partial charge in [-0.05, 0) is 36.2 Å². The quantitative estimate of drug-likeness (QED) is 0.621. The smallest absolute Gasteiger partial charge is 0.319 e. The van der Waals surface area contributed by atoms with Crippen LogP contribution in [0.3, 0.4) is 0 Å². The summed E-state index contributed by atoms with van der Waals surface area (Å²) in [6.07, 6.45) is 0.933. The number of rotatable bonds is 6.